The first-order chi connectivity index (χ1) is 9.55. The Morgan fingerprint density at radius 2 is 1.90 bits per heavy atom. The molecule has 5 nitrogen and oxygen atoms in total. The van der Waals surface area contributed by atoms with Gasteiger partial charge < -0.3 is 9.05 Å². The van der Waals surface area contributed by atoms with Crippen LogP contribution in [0.25, 0.3) is 17.2 Å². The predicted molar refractivity (Wildman–Crippen MR) is 75.3 cm³/mol. The molecule has 0 atom stereocenters. The lowest BCUT2D eigenvalue weighted by molar-refractivity contribution is 0.286. The van der Waals surface area contributed by atoms with Crippen LogP contribution in [0.1, 0.15) is 5.69 Å². The van der Waals surface area contributed by atoms with Crippen LogP contribution >= 0.6 is 7.60 Å². The summed E-state index contributed by atoms with van der Waals surface area (Å²) in [6.07, 6.45) is 1.51. The molecule has 1 aromatic carbocycles. The summed E-state index contributed by atoms with van der Waals surface area (Å²) in [7, 11) is -0.931. The molecule has 0 radical (unpaired) electrons. The third kappa shape index (κ3) is 2.45. The lowest BCUT2D eigenvalue weighted by Crippen LogP contribution is -2.12. The summed E-state index contributed by atoms with van der Waals surface area (Å²) in [5.74, 6) is -0.361. The average Bonchev–Trinajstić information content (AvgIpc) is 2.91. The van der Waals surface area contributed by atoms with E-state index < -0.39 is 7.60 Å². The van der Waals surface area contributed by atoms with Crippen molar-refractivity contribution in [2.45, 2.75) is 0 Å². The highest BCUT2D eigenvalue weighted by atomic mass is 31.2. The number of H-pyrrole nitrogens is 1. The summed E-state index contributed by atoms with van der Waals surface area (Å²) in [5, 5.41) is 6.68. The number of nitrogens with one attached hydrogen (secondary N) is 1. The number of aromatic nitrogens is 2. The summed E-state index contributed by atoms with van der Waals surface area (Å²) in [5.41, 5.74) is 1.86. The highest BCUT2D eigenvalue weighted by Crippen LogP contribution is 2.47. The number of rotatable bonds is 5. The van der Waals surface area contributed by atoms with E-state index in [-0.39, 0.29) is 11.3 Å². The van der Waals surface area contributed by atoms with Crippen molar-refractivity contribution in [3.8, 4) is 11.1 Å². The topological polar surface area (TPSA) is 64.2 Å². The molecular formula is C13H14FN2O3P. The quantitative estimate of drug-likeness (QED) is 0.862. The van der Waals surface area contributed by atoms with E-state index in [1.54, 1.807) is 12.1 Å². The van der Waals surface area contributed by atoms with Crippen LogP contribution < -0.4 is 5.44 Å². The first-order valence-electron chi connectivity index (χ1n) is 5.74. The molecule has 0 amide bonds. The van der Waals surface area contributed by atoms with Crippen molar-refractivity contribution in [3.05, 3.63) is 42.4 Å². The third-order valence-corrected chi connectivity index (χ3v) is 4.69. The van der Waals surface area contributed by atoms with Crippen molar-refractivity contribution in [1.82, 2.24) is 10.2 Å². The van der Waals surface area contributed by atoms with E-state index in [4.69, 9.17) is 9.05 Å². The minimum absolute atomic E-state index is 0.212. The molecule has 1 N–H and O–H groups in total. The zero-order valence-corrected chi connectivity index (χ0v) is 12.0. The summed E-state index contributed by atoms with van der Waals surface area (Å²) in [6, 6.07) is 5.74. The van der Waals surface area contributed by atoms with Gasteiger partial charge in [-0.3, -0.25) is 9.66 Å². The molecule has 106 valence electrons. The van der Waals surface area contributed by atoms with Gasteiger partial charge in [-0.1, -0.05) is 18.7 Å². The number of aromatic amines is 1. The fourth-order valence-corrected chi connectivity index (χ4v) is 3.05. The van der Waals surface area contributed by atoms with E-state index >= 15 is 0 Å². The van der Waals surface area contributed by atoms with E-state index in [0.717, 1.165) is 0 Å². The van der Waals surface area contributed by atoms with Crippen molar-refractivity contribution < 1.29 is 18.0 Å². The van der Waals surface area contributed by atoms with Crippen molar-refractivity contribution in [3.63, 3.8) is 0 Å². The molecule has 0 saturated carbocycles. The second-order valence-electron chi connectivity index (χ2n) is 3.91. The molecule has 1 heterocycles. The molecule has 0 aliphatic carbocycles. The van der Waals surface area contributed by atoms with Gasteiger partial charge in [0.1, 0.15) is 5.82 Å². The molecule has 0 saturated heterocycles. The first kappa shape index (κ1) is 14.7. The van der Waals surface area contributed by atoms with E-state index in [1.165, 1.54) is 32.4 Å². The van der Waals surface area contributed by atoms with E-state index in [0.29, 0.717) is 16.8 Å². The van der Waals surface area contributed by atoms with Crippen molar-refractivity contribution in [1.29, 1.82) is 0 Å². The fourth-order valence-electron chi connectivity index (χ4n) is 1.85. The van der Waals surface area contributed by atoms with Gasteiger partial charge in [-0.25, -0.2) is 4.39 Å². The van der Waals surface area contributed by atoms with Crippen LogP contribution in [0.2, 0.25) is 0 Å². The number of halogens is 1. The Morgan fingerprint density at radius 3 is 2.40 bits per heavy atom. The second kappa shape index (κ2) is 5.71. The second-order valence-corrected chi connectivity index (χ2v) is 6.08. The molecular weight excluding hydrogens is 282 g/mol. The maximum Gasteiger partial charge on any atom is 0.379 e. The fraction of sp³-hybridized carbons (Fsp3) is 0.154. The lowest BCUT2D eigenvalue weighted by Gasteiger charge is -2.13. The molecule has 0 bridgehead atoms. The molecule has 1 aromatic heterocycles. The molecule has 2 aromatic rings. The maximum absolute atomic E-state index is 13.0. The molecule has 20 heavy (non-hydrogen) atoms. The third-order valence-electron chi connectivity index (χ3n) is 2.86. The maximum atomic E-state index is 13.0. The van der Waals surface area contributed by atoms with Gasteiger partial charge in [-0.05, 0) is 23.8 Å². The summed E-state index contributed by atoms with van der Waals surface area (Å²) in [6.45, 7) is 3.65. The van der Waals surface area contributed by atoms with Gasteiger partial charge >= 0.3 is 7.60 Å². The van der Waals surface area contributed by atoms with E-state index in [2.05, 4.69) is 16.8 Å². The molecule has 0 aliphatic heterocycles. The van der Waals surface area contributed by atoms with Gasteiger partial charge in [0, 0.05) is 19.8 Å². The average molecular weight is 296 g/mol. The minimum atomic E-state index is -3.50. The Kier molecular flexibility index (Phi) is 4.18. The number of hydrogen-bond donors (Lipinski definition) is 1. The largest absolute Gasteiger partial charge is 0.379 e. The Labute approximate surface area is 116 Å². The van der Waals surface area contributed by atoms with Crippen LogP contribution in [-0.4, -0.2) is 24.4 Å². The van der Waals surface area contributed by atoms with Gasteiger partial charge in [-0.15, -0.1) is 0 Å². The van der Waals surface area contributed by atoms with Crippen LogP contribution in [0.3, 0.4) is 0 Å². The van der Waals surface area contributed by atoms with Gasteiger partial charge in [0.05, 0.1) is 5.69 Å². The Hall–Kier alpha value is -1.75. The number of nitrogens with zero attached hydrogens (tertiary/aromatic N) is 1. The molecule has 0 unspecified atom stereocenters. The van der Waals surface area contributed by atoms with Gasteiger partial charge in [0.2, 0.25) is 0 Å². The van der Waals surface area contributed by atoms with Crippen molar-refractivity contribution in [2.24, 2.45) is 0 Å². The smallest absolute Gasteiger partial charge is 0.308 e. The van der Waals surface area contributed by atoms with Crippen molar-refractivity contribution >= 4 is 19.1 Å². The lowest BCUT2D eigenvalue weighted by atomic mass is 10.1. The first-order valence-corrected chi connectivity index (χ1v) is 7.28. The molecule has 2 rings (SSSR count). The Balaban J connectivity index is 2.67. The van der Waals surface area contributed by atoms with Gasteiger partial charge in [-0.2, -0.15) is 5.10 Å². The number of hydrogen-bond acceptors (Lipinski definition) is 4. The monoisotopic (exact) mass is 296 g/mol. The van der Waals surface area contributed by atoms with Crippen LogP contribution in [0.15, 0.2) is 30.8 Å². The van der Waals surface area contributed by atoms with Crippen LogP contribution in [-0.2, 0) is 13.6 Å². The molecule has 0 aliphatic rings. The normalized spacial score (nSPS) is 11.6. The number of benzene rings is 1. The SMILES string of the molecule is C=Cc1n[nH]c(P(=O)(OC)OC)c1-c1ccc(F)cc1. The minimum Gasteiger partial charge on any atom is -0.308 e. The summed E-state index contributed by atoms with van der Waals surface area (Å²) in [4.78, 5) is 0. The standard InChI is InChI=1S/C13H14FN2O3P/c1-4-11-12(9-5-7-10(14)8-6-9)13(16-15-11)20(17,18-2)19-3/h4-8H,1H2,2-3H3,(H,15,16). The van der Waals surface area contributed by atoms with Gasteiger partial charge in [0.25, 0.3) is 0 Å². The van der Waals surface area contributed by atoms with Gasteiger partial charge in [0.15, 0.2) is 5.44 Å². The van der Waals surface area contributed by atoms with Crippen LogP contribution in [0, 0.1) is 5.82 Å². The highest BCUT2D eigenvalue weighted by Gasteiger charge is 2.32. The van der Waals surface area contributed by atoms with Crippen LogP contribution in [0.5, 0.6) is 0 Å². The zero-order valence-electron chi connectivity index (χ0n) is 11.1. The molecule has 0 fully saturated rings. The predicted octanol–water partition coefficient (Wildman–Crippen LogP) is 2.97. The van der Waals surface area contributed by atoms with E-state index in [9.17, 15) is 8.96 Å². The summed E-state index contributed by atoms with van der Waals surface area (Å²) < 4.78 is 35.5. The Morgan fingerprint density at radius 1 is 1.30 bits per heavy atom. The zero-order chi connectivity index (χ0) is 14.8. The highest BCUT2D eigenvalue weighted by molar-refractivity contribution is 7.62. The van der Waals surface area contributed by atoms with Crippen molar-refractivity contribution in [2.75, 3.05) is 14.2 Å². The van der Waals surface area contributed by atoms with E-state index in [1.807, 2.05) is 0 Å². The Bertz CT molecular complexity index is 659. The molecule has 0 spiro atoms. The summed E-state index contributed by atoms with van der Waals surface area (Å²) >= 11 is 0. The molecule has 7 heteroatoms. The van der Waals surface area contributed by atoms with Crippen LogP contribution in [0.4, 0.5) is 4.39 Å².